The molecule has 24 heavy (non-hydrogen) atoms. The molecule has 1 amide bonds. The monoisotopic (exact) mass is 324 g/mol. The number of carbonyl (C=O) groups excluding carboxylic acids is 1. The molecule has 0 radical (unpaired) electrons. The van der Waals surface area contributed by atoms with Gasteiger partial charge in [-0.25, -0.2) is 4.39 Å². The van der Waals surface area contributed by atoms with Gasteiger partial charge in [0.05, 0.1) is 0 Å². The average molecular weight is 324 g/mol. The van der Waals surface area contributed by atoms with Gasteiger partial charge in [-0.1, -0.05) is 48.9 Å². The van der Waals surface area contributed by atoms with Crippen molar-refractivity contribution in [3.63, 3.8) is 0 Å². The van der Waals surface area contributed by atoms with E-state index in [1.807, 2.05) is 44.2 Å². The van der Waals surface area contributed by atoms with Gasteiger partial charge in [0.2, 0.25) is 5.91 Å². The van der Waals surface area contributed by atoms with Crippen molar-refractivity contribution in [3.05, 3.63) is 82.7 Å². The van der Waals surface area contributed by atoms with Crippen molar-refractivity contribution in [2.24, 2.45) is 11.5 Å². The van der Waals surface area contributed by atoms with E-state index in [4.69, 9.17) is 11.5 Å². The van der Waals surface area contributed by atoms with Crippen LogP contribution >= 0.6 is 0 Å². The van der Waals surface area contributed by atoms with Crippen LogP contribution in [0.4, 0.5) is 4.39 Å². The number of primary amides is 1. The summed E-state index contributed by atoms with van der Waals surface area (Å²) < 4.78 is 14.4. The third kappa shape index (κ3) is 3.90. The number of nitrogens with two attached hydrogens (primary N) is 2. The topological polar surface area (TPSA) is 69.1 Å². The van der Waals surface area contributed by atoms with Gasteiger partial charge in [0.1, 0.15) is 5.82 Å². The van der Waals surface area contributed by atoms with Gasteiger partial charge >= 0.3 is 0 Å². The standard InChI is InChI=1S/C20H21FN2O/c1-3-5-15(12-18(22)14-10-8-13(2)9-11-14)19-16(20(23)24)6-4-7-17(19)21/h4-12H,3,22H2,1-2H3,(H2,23,24)/b15-5-,18-12-. The number of allylic oxidation sites excluding steroid dienone is 3. The van der Waals surface area contributed by atoms with E-state index < -0.39 is 11.7 Å². The van der Waals surface area contributed by atoms with Crippen LogP contribution in [0.3, 0.4) is 0 Å². The molecule has 4 N–H and O–H groups in total. The van der Waals surface area contributed by atoms with Crippen LogP contribution in [0.1, 0.15) is 40.4 Å². The highest BCUT2D eigenvalue weighted by Gasteiger charge is 2.15. The highest BCUT2D eigenvalue weighted by Crippen LogP contribution is 2.26. The fourth-order valence-electron chi connectivity index (χ4n) is 2.47. The maximum atomic E-state index is 14.4. The first-order chi connectivity index (χ1) is 11.4. The Hall–Kier alpha value is -2.88. The van der Waals surface area contributed by atoms with Gasteiger partial charge in [-0.15, -0.1) is 0 Å². The van der Waals surface area contributed by atoms with E-state index in [1.54, 1.807) is 6.08 Å². The molecular weight excluding hydrogens is 303 g/mol. The van der Waals surface area contributed by atoms with Crippen molar-refractivity contribution in [3.8, 4) is 0 Å². The van der Waals surface area contributed by atoms with E-state index in [0.29, 0.717) is 17.7 Å². The normalized spacial score (nSPS) is 12.3. The number of aryl methyl sites for hydroxylation is 1. The maximum Gasteiger partial charge on any atom is 0.249 e. The second-order valence-corrected chi connectivity index (χ2v) is 5.56. The molecule has 0 fully saturated rings. The van der Waals surface area contributed by atoms with E-state index in [0.717, 1.165) is 11.1 Å². The maximum absolute atomic E-state index is 14.4. The molecule has 0 saturated heterocycles. The van der Waals surface area contributed by atoms with Gasteiger partial charge in [-0.05, 0) is 42.7 Å². The zero-order chi connectivity index (χ0) is 17.7. The summed E-state index contributed by atoms with van der Waals surface area (Å²) in [5.74, 6) is -1.17. The van der Waals surface area contributed by atoms with Crippen molar-refractivity contribution in [2.45, 2.75) is 20.3 Å². The molecule has 0 aliphatic rings. The summed E-state index contributed by atoms with van der Waals surface area (Å²) in [6.45, 7) is 3.92. The Morgan fingerprint density at radius 3 is 2.38 bits per heavy atom. The minimum absolute atomic E-state index is 0.141. The Kier molecular flexibility index (Phi) is 5.53. The number of amides is 1. The number of hydrogen-bond acceptors (Lipinski definition) is 2. The minimum Gasteiger partial charge on any atom is -0.398 e. The summed E-state index contributed by atoms with van der Waals surface area (Å²) in [6, 6.07) is 12.0. The molecule has 0 aromatic heterocycles. The van der Waals surface area contributed by atoms with Crippen LogP contribution in [0.5, 0.6) is 0 Å². The summed E-state index contributed by atoms with van der Waals surface area (Å²) in [5, 5.41) is 0. The molecule has 0 saturated carbocycles. The Morgan fingerprint density at radius 2 is 1.79 bits per heavy atom. The average Bonchev–Trinajstić information content (AvgIpc) is 2.54. The fraction of sp³-hybridized carbons (Fsp3) is 0.150. The van der Waals surface area contributed by atoms with Crippen molar-refractivity contribution in [1.29, 1.82) is 0 Å². The molecule has 0 unspecified atom stereocenters. The molecule has 3 nitrogen and oxygen atoms in total. The Bertz CT molecular complexity index is 805. The first-order valence-electron chi connectivity index (χ1n) is 7.77. The summed E-state index contributed by atoms with van der Waals surface area (Å²) >= 11 is 0. The van der Waals surface area contributed by atoms with Gasteiger partial charge in [0.25, 0.3) is 0 Å². The largest absolute Gasteiger partial charge is 0.398 e. The molecule has 0 bridgehead atoms. The van der Waals surface area contributed by atoms with Crippen LogP contribution in [0, 0.1) is 12.7 Å². The van der Waals surface area contributed by atoms with Crippen LogP contribution in [-0.4, -0.2) is 5.91 Å². The molecule has 0 aliphatic heterocycles. The van der Waals surface area contributed by atoms with Crippen LogP contribution < -0.4 is 11.5 Å². The van der Waals surface area contributed by atoms with Crippen LogP contribution in [0.25, 0.3) is 11.3 Å². The lowest BCUT2D eigenvalue weighted by molar-refractivity contribution is 0.0999. The third-order valence-corrected chi connectivity index (χ3v) is 3.69. The van der Waals surface area contributed by atoms with Crippen LogP contribution in [-0.2, 0) is 0 Å². The summed E-state index contributed by atoms with van der Waals surface area (Å²) in [5.41, 5.74) is 14.9. The van der Waals surface area contributed by atoms with Crippen molar-refractivity contribution in [2.75, 3.05) is 0 Å². The van der Waals surface area contributed by atoms with E-state index in [9.17, 15) is 9.18 Å². The number of rotatable bonds is 5. The highest BCUT2D eigenvalue weighted by molar-refractivity contribution is 6.00. The molecule has 124 valence electrons. The van der Waals surface area contributed by atoms with Gasteiger partial charge in [-0.2, -0.15) is 0 Å². The fourth-order valence-corrected chi connectivity index (χ4v) is 2.47. The van der Waals surface area contributed by atoms with Crippen LogP contribution in [0.15, 0.2) is 54.6 Å². The lowest BCUT2D eigenvalue weighted by atomic mass is 9.95. The predicted octanol–water partition coefficient (Wildman–Crippen LogP) is 4.03. The molecule has 0 atom stereocenters. The molecule has 4 heteroatoms. The number of halogens is 1. The lowest BCUT2D eigenvalue weighted by Crippen LogP contribution is -2.14. The van der Waals surface area contributed by atoms with Crippen molar-refractivity contribution < 1.29 is 9.18 Å². The van der Waals surface area contributed by atoms with Crippen molar-refractivity contribution in [1.82, 2.24) is 0 Å². The SMILES string of the molecule is CC/C=C(/C=C(\N)c1ccc(C)cc1)c1c(F)cccc1C(N)=O. The third-order valence-electron chi connectivity index (χ3n) is 3.69. The lowest BCUT2D eigenvalue weighted by Gasteiger charge is -2.11. The molecule has 0 spiro atoms. The molecular formula is C20H21FN2O. The van der Waals surface area contributed by atoms with Gasteiger partial charge in [0, 0.05) is 16.8 Å². The van der Waals surface area contributed by atoms with E-state index in [-0.39, 0.29) is 11.1 Å². The summed E-state index contributed by atoms with van der Waals surface area (Å²) in [6.07, 6.45) is 4.17. The van der Waals surface area contributed by atoms with Crippen molar-refractivity contribution >= 4 is 17.2 Å². The van der Waals surface area contributed by atoms with E-state index in [2.05, 4.69) is 0 Å². The number of hydrogen-bond donors (Lipinski definition) is 2. The van der Waals surface area contributed by atoms with E-state index in [1.165, 1.54) is 18.2 Å². The number of carbonyl (C=O) groups is 1. The van der Waals surface area contributed by atoms with Gasteiger partial charge in [-0.3, -0.25) is 4.79 Å². The van der Waals surface area contributed by atoms with Crippen LogP contribution in [0.2, 0.25) is 0 Å². The quantitative estimate of drug-likeness (QED) is 0.815. The molecule has 0 aliphatic carbocycles. The highest BCUT2D eigenvalue weighted by atomic mass is 19.1. The minimum atomic E-state index is -0.672. The summed E-state index contributed by atoms with van der Waals surface area (Å²) in [7, 11) is 0. The zero-order valence-corrected chi connectivity index (χ0v) is 13.8. The Morgan fingerprint density at radius 1 is 1.12 bits per heavy atom. The molecule has 2 rings (SSSR count). The van der Waals surface area contributed by atoms with Gasteiger partial charge in [0.15, 0.2) is 0 Å². The second kappa shape index (κ2) is 7.59. The Labute approximate surface area is 141 Å². The number of benzene rings is 2. The molecule has 2 aromatic rings. The smallest absolute Gasteiger partial charge is 0.249 e. The Balaban J connectivity index is 2.56. The molecule has 2 aromatic carbocycles. The predicted molar refractivity (Wildman–Crippen MR) is 96.5 cm³/mol. The first kappa shape index (κ1) is 17.5. The zero-order valence-electron chi connectivity index (χ0n) is 13.8. The molecule has 0 heterocycles. The second-order valence-electron chi connectivity index (χ2n) is 5.56. The van der Waals surface area contributed by atoms with Gasteiger partial charge < -0.3 is 11.5 Å². The van der Waals surface area contributed by atoms with E-state index >= 15 is 0 Å². The summed E-state index contributed by atoms with van der Waals surface area (Å²) in [4.78, 5) is 11.7. The first-order valence-corrected chi connectivity index (χ1v) is 7.77.